The van der Waals surface area contributed by atoms with Crippen molar-refractivity contribution in [2.75, 3.05) is 13.2 Å². The summed E-state index contributed by atoms with van der Waals surface area (Å²) in [6, 6.07) is 13.3. The van der Waals surface area contributed by atoms with Crippen molar-refractivity contribution in [3.8, 4) is 11.5 Å². The number of benzene rings is 2. The van der Waals surface area contributed by atoms with Crippen LogP contribution in [0.1, 0.15) is 23.6 Å². The van der Waals surface area contributed by atoms with Crippen molar-refractivity contribution >= 4 is 6.08 Å². The molecule has 0 unspecified atom stereocenters. The first-order chi connectivity index (χ1) is 11.3. The summed E-state index contributed by atoms with van der Waals surface area (Å²) in [5.74, 6) is 1.50. The Labute approximate surface area is 136 Å². The van der Waals surface area contributed by atoms with E-state index in [0.29, 0.717) is 19.0 Å². The van der Waals surface area contributed by atoms with Crippen LogP contribution in [0, 0.1) is 0 Å². The predicted molar refractivity (Wildman–Crippen MR) is 90.4 cm³/mol. The van der Waals surface area contributed by atoms with Gasteiger partial charge < -0.3 is 19.7 Å². The molecule has 0 amide bonds. The van der Waals surface area contributed by atoms with Gasteiger partial charge in [0.05, 0.1) is 19.8 Å². The molecule has 0 radical (unpaired) electrons. The topological polar surface area (TPSA) is 58.9 Å². The molecule has 122 valence electrons. The number of rotatable bonds is 8. The fourth-order valence-corrected chi connectivity index (χ4v) is 2.17. The van der Waals surface area contributed by atoms with Gasteiger partial charge in [-0.3, -0.25) is 0 Å². The van der Waals surface area contributed by atoms with E-state index >= 15 is 0 Å². The number of aliphatic hydroxyl groups excluding tert-OH is 2. The molecule has 0 fully saturated rings. The standard InChI is InChI=1S/C19H22O4/c1-2-22-18-8-5-16(6-9-18)14-23-19-10-7-15(4-3-11-20)12-17(19)13-21/h3-10,12,20-21H,2,11,13-14H2,1H3. The molecule has 0 aromatic heterocycles. The number of hydrogen-bond acceptors (Lipinski definition) is 4. The Hall–Kier alpha value is -2.30. The molecule has 0 saturated heterocycles. The van der Waals surface area contributed by atoms with Gasteiger partial charge in [0.2, 0.25) is 0 Å². The molecule has 0 aliphatic carbocycles. The zero-order valence-corrected chi connectivity index (χ0v) is 13.2. The lowest BCUT2D eigenvalue weighted by Crippen LogP contribution is -1.99. The average Bonchev–Trinajstić information content (AvgIpc) is 2.60. The van der Waals surface area contributed by atoms with Crippen molar-refractivity contribution in [1.82, 2.24) is 0 Å². The van der Waals surface area contributed by atoms with Gasteiger partial charge in [-0.25, -0.2) is 0 Å². The maximum absolute atomic E-state index is 9.49. The first-order valence-electron chi connectivity index (χ1n) is 7.62. The van der Waals surface area contributed by atoms with Crippen molar-refractivity contribution in [2.24, 2.45) is 0 Å². The quantitative estimate of drug-likeness (QED) is 0.786. The van der Waals surface area contributed by atoms with Crippen molar-refractivity contribution < 1.29 is 19.7 Å². The third-order valence-corrected chi connectivity index (χ3v) is 3.30. The summed E-state index contributed by atoms with van der Waals surface area (Å²) < 4.78 is 11.2. The SMILES string of the molecule is CCOc1ccc(COc2ccc(C=CCO)cc2CO)cc1. The zero-order valence-electron chi connectivity index (χ0n) is 13.2. The first-order valence-corrected chi connectivity index (χ1v) is 7.62. The largest absolute Gasteiger partial charge is 0.494 e. The zero-order chi connectivity index (χ0) is 16.5. The van der Waals surface area contributed by atoms with Gasteiger partial charge in [-0.15, -0.1) is 0 Å². The van der Waals surface area contributed by atoms with Crippen LogP contribution in [-0.2, 0) is 13.2 Å². The lowest BCUT2D eigenvalue weighted by Gasteiger charge is -2.11. The third-order valence-electron chi connectivity index (χ3n) is 3.30. The van der Waals surface area contributed by atoms with Gasteiger partial charge in [0.25, 0.3) is 0 Å². The molecule has 4 heteroatoms. The molecular weight excluding hydrogens is 292 g/mol. The van der Waals surface area contributed by atoms with E-state index in [1.165, 1.54) is 0 Å². The van der Waals surface area contributed by atoms with Crippen LogP contribution >= 0.6 is 0 Å². The second kappa shape index (κ2) is 8.98. The van der Waals surface area contributed by atoms with Gasteiger partial charge in [-0.05, 0) is 42.3 Å². The van der Waals surface area contributed by atoms with E-state index in [1.807, 2.05) is 49.4 Å². The van der Waals surface area contributed by atoms with Crippen LogP contribution in [0.5, 0.6) is 11.5 Å². The fourth-order valence-electron chi connectivity index (χ4n) is 2.17. The van der Waals surface area contributed by atoms with Crippen LogP contribution in [0.25, 0.3) is 6.08 Å². The minimum absolute atomic E-state index is 0.00947. The Morgan fingerprint density at radius 1 is 1.00 bits per heavy atom. The average molecular weight is 314 g/mol. The van der Waals surface area contributed by atoms with Gasteiger partial charge >= 0.3 is 0 Å². The Morgan fingerprint density at radius 3 is 2.43 bits per heavy atom. The van der Waals surface area contributed by atoms with E-state index in [2.05, 4.69) is 0 Å². The summed E-state index contributed by atoms with van der Waals surface area (Å²) in [7, 11) is 0. The van der Waals surface area contributed by atoms with Crippen molar-refractivity contribution in [3.63, 3.8) is 0 Å². The monoisotopic (exact) mass is 314 g/mol. The molecule has 0 atom stereocenters. The predicted octanol–water partition coefficient (Wildman–Crippen LogP) is 3.16. The first kappa shape index (κ1) is 17.1. The molecule has 2 aromatic rings. The van der Waals surface area contributed by atoms with Crippen LogP contribution < -0.4 is 9.47 Å². The van der Waals surface area contributed by atoms with Crippen LogP contribution in [0.4, 0.5) is 0 Å². The molecule has 0 aliphatic rings. The van der Waals surface area contributed by atoms with E-state index in [-0.39, 0.29) is 13.2 Å². The molecule has 4 nitrogen and oxygen atoms in total. The van der Waals surface area contributed by atoms with Gasteiger partial charge in [0, 0.05) is 5.56 Å². The van der Waals surface area contributed by atoms with Crippen LogP contribution in [0.2, 0.25) is 0 Å². The molecule has 2 aromatic carbocycles. The molecule has 0 spiro atoms. The van der Waals surface area contributed by atoms with Crippen molar-refractivity contribution in [2.45, 2.75) is 20.1 Å². The molecule has 0 bridgehead atoms. The van der Waals surface area contributed by atoms with Crippen LogP contribution in [0.3, 0.4) is 0 Å². The number of hydrogen-bond donors (Lipinski definition) is 2. The highest BCUT2D eigenvalue weighted by Crippen LogP contribution is 2.23. The molecule has 2 rings (SSSR count). The summed E-state index contributed by atoms with van der Waals surface area (Å²) in [5.41, 5.74) is 2.66. The third kappa shape index (κ3) is 5.13. The van der Waals surface area contributed by atoms with Gasteiger partial charge in [-0.1, -0.05) is 30.4 Å². The Bertz CT molecular complexity index is 632. The van der Waals surface area contributed by atoms with Gasteiger partial charge in [0.1, 0.15) is 18.1 Å². The van der Waals surface area contributed by atoms with Crippen molar-refractivity contribution in [1.29, 1.82) is 0 Å². The minimum Gasteiger partial charge on any atom is -0.494 e. The van der Waals surface area contributed by atoms with Gasteiger partial charge in [0.15, 0.2) is 0 Å². The highest BCUT2D eigenvalue weighted by atomic mass is 16.5. The maximum atomic E-state index is 9.49. The second-order valence-corrected chi connectivity index (χ2v) is 4.98. The molecule has 0 aliphatic heterocycles. The lowest BCUT2D eigenvalue weighted by molar-refractivity contribution is 0.259. The molecule has 0 heterocycles. The van der Waals surface area contributed by atoms with Crippen LogP contribution in [-0.4, -0.2) is 23.4 Å². The van der Waals surface area contributed by atoms with Crippen LogP contribution in [0.15, 0.2) is 48.5 Å². The van der Waals surface area contributed by atoms with E-state index < -0.39 is 0 Å². The van der Waals surface area contributed by atoms with Crippen molar-refractivity contribution in [3.05, 3.63) is 65.2 Å². The summed E-state index contributed by atoms with van der Waals surface area (Å²) in [4.78, 5) is 0. The molecule has 2 N–H and O–H groups in total. The maximum Gasteiger partial charge on any atom is 0.125 e. The summed E-state index contributed by atoms with van der Waals surface area (Å²) in [6.07, 6.45) is 3.45. The highest BCUT2D eigenvalue weighted by molar-refractivity contribution is 5.53. The van der Waals surface area contributed by atoms with E-state index in [4.69, 9.17) is 14.6 Å². The summed E-state index contributed by atoms with van der Waals surface area (Å²) in [5, 5.41) is 18.3. The fraction of sp³-hybridized carbons (Fsp3) is 0.263. The normalized spacial score (nSPS) is 10.9. The Kier molecular flexibility index (Phi) is 6.66. The van der Waals surface area contributed by atoms with Gasteiger partial charge in [-0.2, -0.15) is 0 Å². The smallest absolute Gasteiger partial charge is 0.125 e. The van der Waals surface area contributed by atoms with E-state index in [0.717, 1.165) is 22.4 Å². The molecule has 0 saturated carbocycles. The molecular formula is C19H22O4. The lowest BCUT2D eigenvalue weighted by atomic mass is 10.1. The Morgan fingerprint density at radius 2 is 1.78 bits per heavy atom. The number of aliphatic hydroxyl groups is 2. The summed E-state index contributed by atoms with van der Waals surface area (Å²) in [6.45, 7) is 2.91. The van der Waals surface area contributed by atoms with E-state index in [9.17, 15) is 5.11 Å². The Balaban J connectivity index is 2.03. The highest BCUT2D eigenvalue weighted by Gasteiger charge is 2.04. The molecule has 23 heavy (non-hydrogen) atoms. The van der Waals surface area contributed by atoms with E-state index in [1.54, 1.807) is 12.2 Å². The number of ether oxygens (including phenoxy) is 2. The minimum atomic E-state index is -0.0978. The second-order valence-electron chi connectivity index (χ2n) is 4.98. The summed E-state index contributed by atoms with van der Waals surface area (Å²) >= 11 is 0.